The van der Waals surface area contributed by atoms with Crippen molar-refractivity contribution in [1.29, 1.82) is 0 Å². The molecule has 0 spiro atoms. The summed E-state index contributed by atoms with van der Waals surface area (Å²) in [4.78, 5) is 8.39. The first-order chi connectivity index (χ1) is 15.5. The van der Waals surface area contributed by atoms with E-state index < -0.39 is 33.5 Å². The van der Waals surface area contributed by atoms with Gasteiger partial charge in [0.05, 0.1) is 22.6 Å². The van der Waals surface area contributed by atoms with Crippen LogP contribution in [-0.2, 0) is 41.8 Å². The van der Waals surface area contributed by atoms with Crippen LogP contribution in [0.2, 0.25) is 0 Å². The van der Waals surface area contributed by atoms with Crippen LogP contribution in [0.25, 0.3) is 0 Å². The van der Waals surface area contributed by atoms with E-state index in [0.717, 1.165) is 11.1 Å². The zero-order valence-corrected chi connectivity index (χ0v) is 20.2. The molecule has 0 saturated heterocycles. The molecule has 3 rings (SSSR count). The summed E-state index contributed by atoms with van der Waals surface area (Å²) in [7, 11) is -6.68. The van der Waals surface area contributed by atoms with Crippen molar-refractivity contribution in [3.05, 3.63) is 76.7 Å². The second kappa shape index (κ2) is 9.96. The molecule has 0 bridgehead atoms. The van der Waals surface area contributed by atoms with Crippen LogP contribution in [0, 0.1) is 20.8 Å². The summed E-state index contributed by atoms with van der Waals surface area (Å²) in [5.41, 5.74) is 2.51. The van der Waals surface area contributed by atoms with Crippen molar-refractivity contribution in [3.63, 3.8) is 0 Å². The molecule has 9 nitrogen and oxygen atoms in total. The number of methoxy groups -OCH3 is 1. The number of rotatable bonds is 9. The van der Waals surface area contributed by atoms with Crippen molar-refractivity contribution in [1.82, 2.24) is 9.97 Å². The molecule has 0 fully saturated rings. The molecule has 0 unspecified atom stereocenters. The fourth-order valence-corrected chi connectivity index (χ4v) is 4.54. The Balaban J connectivity index is 1.79. The van der Waals surface area contributed by atoms with E-state index in [1.54, 1.807) is 31.2 Å². The van der Waals surface area contributed by atoms with E-state index in [1.807, 2.05) is 13.8 Å². The maximum Gasteiger partial charge on any atom is 0.297 e. The van der Waals surface area contributed by atoms with E-state index in [0.29, 0.717) is 5.56 Å². The third-order valence-electron chi connectivity index (χ3n) is 4.75. The topological polar surface area (TPSA) is 122 Å². The Labute approximate surface area is 193 Å². The lowest BCUT2D eigenvalue weighted by Crippen LogP contribution is -2.13. The maximum atomic E-state index is 12.5. The van der Waals surface area contributed by atoms with Crippen molar-refractivity contribution >= 4 is 20.2 Å². The van der Waals surface area contributed by atoms with Gasteiger partial charge >= 0.3 is 0 Å². The Hall–Kier alpha value is -2.86. The molecule has 0 saturated carbocycles. The average molecular weight is 493 g/mol. The molecule has 0 amide bonds. The fraction of sp³-hybridized carbons (Fsp3) is 0.273. The molecule has 2 aromatic carbocycles. The zero-order valence-electron chi connectivity index (χ0n) is 18.6. The predicted molar refractivity (Wildman–Crippen MR) is 120 cm³/mol. The Bertz CT molecular complexity index is 1340. The van der Waals surface area contributed by atoms with E-state index in [9.17, 15) is 16.8 Å². The Morgan fingerprint density at radius 3 is 1.61 bits per heavy atom. The number of ether oxygens (including phenoxy) is 1. The van der Waals surface area contributed by atoms with Gasteiger partial charge in [-0.05, 0) is 45.0 Å². The van der Waals surface area contributed by atoms with Gasteiger partial charge in [0.25, 0.3) is 20.2 Å². The van der Waals surface area contributed by atoms with E-state index in [4.69, 9.17) is 13.1 Å². The van der Waals surface area contributed by atoms with Gasteiger partial charge in [0.15, 0.2) is 5.82 Å². The highest BCUT2D eigenvalue weighted by Gasteiger charge is 2.20. The van der Waals surface area contributed by atoms with E-state index >= 15 is 0 Å². The lowest BCUT2D eigenvalue weighted by Gasteiger charge is -2.12. The van der Waals surface area contributed by atoms with Crippen LogP contribution >= 0.6 is 0 Å². The highest BCUT2D eigenvalue weighted by Crippen LogP contribution is 2.22. The van der Waals surface area contributed by atoms with Gasteiger partial charge in [0, 0.05) is 5.56 Å². The van der Waals surface area contributed by atoms with Crippen molar-refractivity contribution in [2.24, 2.45) is 0 Å². The summed E-state index contributed by atoms with van der Waals surface area (Å²) in [5, 5.41) is 0. The smallest absolute Gasteiger partial charge is 0.297 e. The molecule has 3 aromatic rings. The summed E-state index contributed by atoms with van der Waals surface area (Å²) in [6.45, 7) is 4.47. The first-order valence-electron chi connectivity index (χ1n) is 9.84. The Morgan fingerprint density at radius 2 is 1.15 bits per heavy atom. The minimum Gasteiger partial charge on any atom is -0.481 e. The van der Waals surface area contributed by atoms with E-state index in [-0.39, 0.29) is 27.2 Å². The third-order valence-corrected chi connectivity index (χ3v) is 7.31. The standard InChI is InChI=1S/C22H24N2O7S2/c1-15-5-9-18(10-6-15)32(25,26)30-13-20-17(3)22(29-4)24-21(23-20)14-31-33(27,28)19-11-7-16(2)8-12-19/h5-12H,13-14H2,1-4H3. The van der Waals surface area contributed by atoms with Gasteiger partial charge in [0.1, 0.15) is 13.2 Å². The molecule has 0 N–H and O–H groups in total. The van der Waals surface area contributed by atoms with E-state index in [2.05, 4.69) is 9.97 Å². The first-order valence-corrected chi connectivity index (χ1v) is 12.7. The molecule has 11 heteroatoms. The number of aromatic nitrogens is 2. The summed E-state index contributed by atoms with van der Waals surface area (Å²) < 4.78 is 65.4. The van der Waals surface area contributed by atoms with Gasteiger partial charge in [-0.1, -0.05) is 35.4 Å². The van der Waals surface area contributed by atoms with Crippen LogP contribution in [-0.4, -0.2) is 33.9 Å². The van der Waals surface area contributed by atoms with Crippen molar-refractivity contribution < 1.29 is 29.9 Å². The Morgan fingerprint density at radius 1 is 0.697 bits per heavy atom. The second-order valence-electron chi connectivity index (χ2n) is 7.28. The highest BCUT2D eigenvalue weighted by molar-refractivity contribution is 7.87. The molecule has 1 heterocycles. The predicted octanol–water partition coefficient (Wildman–Crippen LogP) is 3.22. The SMILES string of the molecule is COc1nc(COS(=O)(=O)c2ccc(C)cc2)nc(COS(=O)(=O)c2ccc(C)cc2)c1C. The summed E-state index contributed by atoms with van der Waals surface area (Å²) in [5.74, 6) is 0.155. The lowest BCUT2D eigenvalue weighted by molar-refractivity contribution is 0.284. The van der Waals surface area contributed by atoms with Crippen LogP contribution < -0.4 is 4.74 Å². The van der Waals surface area contributed by atoms with Crippen molar-refractivity contribution in [3.8, 4) is 5.88 Å². The molecular formula is C22H24N2O7S2. The van der Waals surface area contributed by atoms with Crippen LogP contribution in [0.5, 0.6) is 5.88 Å². The van der Waals surface area contributed by atoms with Gasteiger partial charge in [-0.15, -0.1) is 0 Å². The molecular weight excluding hydrogens is 468 g/mol. The summed E-state index contributed by atoms with van der Waals surface area (Å²) >= 11 is 0. The van der Waals surface area contributed by atoms with Crippen LogP contribution in [0.1, 0.15) is 28.2 Å². The molecule has 0 aliphatic rings. The van der Waals surface area contributed by atoms with Gasteiger partial charge in [-0.25, -0.2) is 4.98 Å². The van der Waals surface area contributed by atoms with Crippen LogP contribution in [0.3, 0.4) is 0 Å². The number of aryl methyl sites for hydroxylation is 2. The van der Waals surface area contributed by atoms with Gasteiger partial charge in [-0.2, -0.15) is 21.8 Å². The minimum atomic E-state index is -4.04. The molecule has 33 heavy (non-hydrogen) atoms. The van der Waals surface area contributed by atoms with Gasteiger partial charge in [0.2, 0.25) is 5.88 Å². The average Bonchev–Trinajstić information content (AvgIpc) is 2.78. The van der Waals surface area contributed by atoms with Crippen molar-refractivity contribution in [2.45, 2.75) is 43.8 Å². The third kappa shape index (κ3) is 6.14. The zero-order chi connectivity index (χ0) is 24.2. The summed E-state index contributed by atoms with van der Waals surface area (Å²) in [6, 6.07) is 12.4. The minimum absolute atomic E-state index is 0.0000697. The highest BCUT2D eigenvalue weighted by atomic mass is 32.2. The molecule has 0 aliphatic carbocycles. The molecule has 0 aliphatic heterocycles. The lowest BCUT2D eigenvalue weighted by atomic mass is 10.2. The molecule has 176 valence electrons. The molecule has 0 radical (unpaired) electrons. The fourth-order valence-electron chi connectivity index (χ4n) is 2.80. The monoisotopic (exact) mass is 492 g/mol. The number of nitrogens with zero attached hydrogens (tertiary/aromatic N) is 2. The van der Waals surface area contributed by atoms with Crippen LogP contribution in [0.15, 0.2) is 58.3 Å². The number of hydrogen-bond donors (Lipinski definition) is 0. The summed E-state index contributed by atoms with van der Waals surface area (Å²) in [6.07, 6.45) is 0. The number of hydrogen-bond acceptors (Lipinski definition) is 9. The quantitative estimate of drug-likeness (QED) is 0.414. The second-order valence-corrected chi connectivity index (χ2v) is 10.5. The normalized spacial score (nSPS) is 12.0. The molecule has 1 aromatic heterocycles. The van der Waals surface area contributed by atoms with Crippen molar-refractivity contribution in [2.75, 3.05) is 7.11 Å². The van der Waals surface area contributed by atoms with Gasteiger partial charge in [-0.3, -0.25) is 8.37 Å². The van der Waals surface area contributed by atoms with E-state index in [1.165, 1.54) is 31.4 Å². The molecule has 0 atom stereocenters. The first kappa shape index (κ1) is 24.8. The maximum absolute atomic E-state index is 12.5. The largest absolute Gasteiger partial charge is 0.481 e. The van der Waals surface area contributed by atoms with Crippen LogP contribution in [0.4, 0.5) is 0 Å². The Kier molecular flexibility index (Phi) is 7.48. The number of benzene rings is 2. The van der Waals surface area contributed by atoms with Gasteiger partial charge < -0.3 is 4.74 Å².